The number of phenols is 1. The average Bonchev–Trinajstić information content (AvgIpc) is 2.80. The molecule has 0 aliphatic carbocycles. The van der Waals surface area contributed by atoms with Crippen LogP contribution < -0.4 is 9.64 Å². The Bertz CT molecular complexity index is 783. The predicted octanol–water partition coefficient (Wildman–Crippen LogP) is 2.94. The normalized spacial score (nSPS) is 19.3. The van der Waals surface area contributed by atoms with Gasteiger partial charge in [0.2, 0.25) is 0 Å². The van der Waals surface area contributed by atoms with Crippen LogP contribution in [0.2, 0.25) is 0 Å². The molecule has 1 atom stereocenters. The van der Waals surface area contributed by atoms with Crippen LogP contribution in [0.3, 0.4) is 0 Å². The van der Waals surface area contributed by atoms with Crippen LogP contribution in [0.1, 0.15) is 24.8 Å². The Kier molecular flexibility index (Phi) is 7.67. The molecule has 2 aromatic carbocycles. The monoisotopic (exact) mass is 425 g/mol. The van der Waals surface area contributed by atoms with E-state index in [-0.39, 0.29) is 0 Å². The molecular formula is C25H35N3O3. The topological polar surface area (TPSA) is 59.4 Å². The van der Waals surface area contributed by atoms with Crippen molar-refractivity contribution in [2.24, 2.45) is 0 Å². The molecule has 6 nitrogen and oxygen atoms in total. The van der Waals surface area contributed by atoms with Crippen molar-refractivity contribution >= 4 is 5.69 Å². The number of anilines is 1. The van der Waals surface area contributed by atoms with Crippen molar-refractivity contribution in [3.63, 3.8) is 0 Å². The minimum Gasteiger partial charge on any atom is -0.508 e. The molecule has 0 aromatic heterocycles. The van der Waals surface area contributed by atoms with E-state index < -0.39 is 6.10 Å². The van der Waals surface area contributed by atoms with E-state index in [1.165, 1.54) is 30.5 Å². The number of benzene rings is 2. The summed E-state index contributed by atoms with van der Waals surface area (Å²) in [6.45, 7) is 8.17. The van der Waals surface area contributed by atoms with Gasteiger partial charge in [-0.3, -0.25) is 4.90 Å². The molecule has 0 bridgehead atoms. The number of hydrogen-bond donors (Lipinski definition) is 2. The molecule has 2 saturated heterocycles. The van der Waals surface area contributed by atoms with Crippen LogP contribution in [0.25, 0.3) is 0 Å². The van der Waals surface area contributed by atoms with Crippen LogP contribution in [0.15, 0.2) is 48.5 Å². The molecule has 0 unspecified atom stereocenters. The SMILES string of the molecule is Oc1ccc(N2CCN(Cc3ccc(OC[C@H](O)CN4CCCCC4)cc3)CC2)cc1. The van der Waals surface area contributed by atoms with Gasteiger partial charge in [-0.1, -0.05) is 18.6 Å². The van der Waals surface area contributed by atoms with E-state index in [4.69, 9.17) is 4.74 Å². The summed E-state index contributed by atoms with van der Waals surface area (Å²) in [4.78, 5) is 7.17. The van der Waals surface area contributed by atoms with Gasteiger partial charge in [0.1, 0.15) is 24.2 Å². The highest BCUT2D eigenvalue weighted by atomic mass is 16.5. The Morgan fingerprint density at radius 2 is 1.45 bits per heavy atom. The van der Waals surface area contributed by atoms with Crippen molar-refractivity contribution in [3.05, 3.63) is 54.1 Å². The summed E-state index contributed by atoms with van der Waals surface area (Å²) in [5, 5.41) is 19.7. The fraction of sp³-hybridized carbons (Fsp3) is 0.520. The second-order valence-corrected chi connectivity index (χ2v) is 8.75. The Labute approximate surface area is 185 Å². The lowest BCUT2D eigenvalue weighted by molar-refractivity contribution is 0.0617. The zero-order chi connectivity index (χ0) is 21.5. The third-order valence-corrected chi connectivity index (χ3v) is 6.28. The van der Waals surface area contributed by atoms with Crippen LogP contribution in [-0.4, -0.2) is 78.5 Å². The Morgan fingerprint density at radius 3 is 2.13 bits per heavy atom. The maximum atomic E-state index is 10.3. The minimum atomic E-state index is -0.442. The molecule has 0 saturated carbocycles. The van der Waals surface area contributed by atoms with E-state index in [1.807, 2.05) is 24.3 Å². The van der Waals surface area contributed by atoms with Crippen molar-refractivity contribution in [2.75, 3.05) is 57.3 Å². The van der Waals surface area contributed by atoms with Gasteiger partial charge < -0.3 is 24.7 Å². The third-order valence-electron chi connectivity index (χ3n) is 6.28. The first-order chi connectivity index (χ1) is 15.2. The molecule has 0 radical (unpaired) electrons. The van der Waals surface area contributed by atoms with Crippen molar-refractivity contribution in [3.8, 4) is 11.5 Å². The second kappa shape index (κ2) is 10.8. The molecular weight excluding hydrogens is 390 g/mol. The summed E-state index contributed by atoms with van der Waals surface area (Å²) < 4.78 is 5.81. The first kappa shape index (κ1) is 21.9. The number of aliphatic hydroxyl groups is 1. The molecule has 4 rings (SSSR count). The van der Waals surface area contributed by atoms with Crippen LogP contribution in [0.5, 0.6) is 11.5 Å². The smallest absolute Gasteiger partial charge is 0.119 e. The van der Waals surface area contributed by atoms with Crippen molar-refractivity contribution in [1.82, 2.24) is 9.80 Å². The molecule has 0 spiro atoms. The lowest BCUT2D eigenvalue weighted by Gasteiger charge is -2.36. The lowest BCUT2D eigenvalue weighted by atomic mass is 10.1. The Balaban J connectivity index is 1.18. The molecule has 2 aliphatic rings. The van der Waals surface area contributed by atoms with Gasteiger partial charge in [-0.25, -0.2) is 0 Å². The van der Waals surface area contributed by atoms with Gasteiger partial charge in [0.05, 0.1) is 0 Å². The average molecular weight is 426 g/mol. The second-order valence-electron chi connectivity index (χ2n) is 8.75. The maximum Gasteiger partial charge on any atom is 0.119 e. The summed E-state index contributed by atoms with van der Waals surface area (Å²) in [5.41, 5.74) is 2.45. The number of aromatic hydroxyl groups is 1. The van der Waals surface area contributed by atoms with Crippen LogP contribution in [0.4, 0.5) is 5.69 Å². The number of hydrogen-bond acceptors (Lipinski definition) is 6. The molecule has 2 aliphatic heterocycles. The summed E-state index contributed by atoms with van der Waals surface area (Å²) in [7, 11) is 0. The molecule has 2 heterocycles. The summed E-state index contributed by atoms with van der Waals surface area (Å²) in [5.74, 6) is 1.13. The number of β-amino-alcohol motifs (C(OH)–C–C–N with tert-alkyl or cyclic N) is 1. The summed E-state index contributed by atoms with van der Waals surface area (Å²) in [6, 6.07) is 15.7. The van der Waals surface area contributed by atoms with Gasteiger partial charge in [0.15, 0.2) is 0 Å². The van der Waals surface area contributed by atoms with Gasteiger partial charge in [0.25, 0.3) is 0 Å². The summed E-state index contributed by atoms with van der Waals surface area (Å²) >= 11 is 0. The van der Waals surface area contributed by atoms with Crippen LogP contribution in [0, 0.1) is 0 Å². The highest BCUT2D eigenvalue weighted by Crippen LogP contribution is 2.21. The number of rotatable bonds is 8. The van der Waals surface area contributed by atoms with Crippen LogP contribution in [-0.2, 0) is 6.54 Å². The predicted molar refractivity (Wildman–Crippen MR) is 124 cm³/mol. The lowest BCUT2D eigenvalue weighted by Crippen LogP contribution is -2.45. The number of piperidine rings is 1. The molecule has 0 amide bonds. The van der Waals surface area contributed by atoms with Crippen molar-refractivity contribution < 1.29 is 14.9 Å². The minimum absolute atomic E-state index is 0.311. The highest BCUT2D eigenvalue weighted by Gasteiger charge is 2.18. The van der Waals surface area contributed by atoms with Crippen LogP contribution >= 0.6 is 0 Å². The molecule has 168 valence electrons. The van der Waals surface area contributed by atoms with E-state index in [2.05, 4.69) is 26.8 Å². The third kappa shape index (κ3) is 6.60. The van der Waals surface area contributed by atoms with Gasteiger partial charge in [0, 0.05) is 45.0 Å². The Morgan fingerprint density at radius 1 is 0.774 bits per heavy atom. The first-order valence-electron chi connectivity index (χ1n) is 11.5. The standard InChI is InChI=1S/C25H35N3O3/c29-23-8-6-22(7-9-23)28-16-14-27(15-17-28)18-21-4-10-25(11-5-21)31-20-24(30)19-26-12-2-1-3-13-26/h4-11,24,29-30H,1-3,12-20H2/t24-/m1/s1. The van der Waals surface area contributed by atoms with Crippen molar-refractivity contribution in [2.45, 2.75) is 31.9 Å². The van der Waals surface area contributed by atoms with Gasteiger partial charge in [-0.2, -0.15) is 0 Å². The Hall–Kier alpha value is -2.28. The number of aliphatic hydroxyl groups excluding tert-OH is 1. The fourth-order valence-corrected chi connectivity index (χ4v) is 4.46. The van der Waals surface area contributed by atoms with E-state index in [1.54, 1.807) is 12.1 Å². The number of ether oxygens (including phenoxy) is 1. The van der Waals surface area contributed by atoms with E-state index >= 15 is 0 Å². The van der Waals surface area contributed by atoms with Gasteiger partial charge in [-0.15, -0.1) is 0 Å². The number of nitrogens with zero attached hydrogens (tertiary/aromatic N) is 3. The van der Waals surface area contributed by atoms with Gasteiger partial charge >= 0.3 is 0 Å². The number of piperazine rings is 1. The van der Waals surface area contributed by atoms with E-state index in [9.17, 15) is 10.2 Å². The molecule has 31 heavy (non-hydrogen) atoms. The fourth-order valence-electron chi connectivity index (χ4n) is 4.46. The molecule has 2 fully saturated rings. The maximum absolute atomic E-state index is 10.3. The zero-order valence-corrected chi connectivity index (χ0v) is 18.3. The van der Waals surface area contributed by atoms with E-state index in [0.717, 1.165) is 51.6 Å². The molecule has 2 aromatic rings. The zero-order valence-electron chi connectivity index (χ0n) is 18.3. The highest BCUT2D eigenvalue weighted by molar-refractivity contribution is 5.49. The van der Waals surface area contributed by atoms with Crippen molar-refractivity contribution in [1.29, 1.82) is 0 Å². The first-order valence-corrected chi connectivity index (χ1v) is 11.5. The number of phenolic OH excluding ortho intramolecular Hbond substituents is 1. The molecule has 6 heteroatoms. The van der Waals surface area contributed by atoms with Gasteiger partial charge in [-0.05, 0) is 67.9 Å². The largest absolute Gasteiger partial charge is 0.508 e. The molecule has 2 N–H and O–H groups in total. The quantitative estimate of drug-likeness (QED) is 0.678. The van der Waals surface area contributed by atoms with E-state index in [0.29, 0.717) is 18.9 Å². The number of likely N-dealkylation sites (tertiary alicyclic amines) is 1. The summed E-state index contributed by atoms with van der Waals surface area (Å²) in [6.07, 6.45) is 3.34.